The van der Waals surface area contributed by atoms with Gasteiger partial charge in [-0.25, -0.2) is 4.79 Å². The van der Waals surface area contributed by atoms with Crippen LogP contribution in [0.2, 0.25) is 0 Å². The Hall–Kier alpha value is -1.10. The highest BCUT2D eigenvalue weighted by atomic mass is 16.5. The normalized spacial score (nSPS) is 13.4. The molecule has 15 heavy (non-hydrogen) atoms. The summed E-state index contributed by atoms with van der Waals surface area (Å²) in [4.78, 5) is 23.2. The summed E-state index contributed by atoms with van der Waals surface area (Å²) in [6.07, 6.45) is 0. The Bertz CT molecular complexity index is 244. The van der Waals surface area contributed by atoms with Crippen LogP contribution in [-0.4, -0.2) is 47.2 Å². The molecule has 0 aromatic rings. The molecule has 0 radical (unpaired) electrons. The van der Waals surface area contributed by atoms with E-state index in [-0.39, 0.29) is 12.5 Å². The third kappa shape index (κ3) is 5.37. The smallest absolute Gasteiger partial charge is 0.326 e. The first-order valence-electron chi connectivity index (χ1n) is 4.77. The average molecular weight is 217 g/mol. The number of aliphatic carboxylic acids is 1. The number of carbonyl (C=O) groups is 2. The lowest BCUT2D eigenvalue weighted by atomic mass is 10.2. The highest BCUT2D eigenvalue weighted by molar-refractivity contribution is 5.83. The molecule has 0 saturated heterocycles. The second-order valence-corrected chi connectivity index (χ2v) is 4.42. The molecule has 88 valence electrons. The lowest BCUT2D eigenvalue weighted by molar-refractivity contribution is -0.152. The standard InChI is InChI=1S/C10H19NO4/c1-7(9(13)14)11(5)8(12)6-15-10(2,3)4/h7H,6H2,1-5H3,(H,13,14). The SMILES string of the molecule is CC(C(=O)O)N(C)C(=O)COC(C)(C)C. The van der Waals surface area contributed by atoms with Crippen LogP contribution in [0.15, 0.2) is 0 Å². The molecule has 0 aliphatic carbocycles. The molecule has 5 nitrogen and oxygen atoms in total. The van der Waals surface area contributed by atoms with Crippen molar-refractivity contribution in [3.63, 3.8) is 0 Å². The van der Waals surface area contributed by atoms with E-state index in [4.69, 9.17) is 9.84 Å². The number of hydrogen-bond donors (Lipinski definition) is 1. The van der Waals surface area contributed by atoms with E-state index in [2.05, 4.69) is 0 Å². The molecule has 0 heterocycles. The van der Waals surface area contributed by atoms with Gasteiger partial charge >= 0.3 is 5.97 Å². The molecule has 1 unspecified atom stereocenters. The zero-order valence-corrected chi connectivity index (χ0v) is 9.90. The first-order chi connectivity index (χ1) is 6.65. The van der Waals surface area contributed by atoms with Crippen molar-refractivity contribution < 1.29 is 19.4 Å². The monoisotopic (exact) mass is 217 g/mol. The van der Waals surface area contributed by atoms with Gasteiger partial charge in [-0.3, -0.25) is 4.79 Å². The predicted octanol–water partition coefficient (Wildman–Crippen LogP) is 0.733. The molecule has 1 amide bonds. The number of nitrogens with zero attached hydrogens (tertiary/aromatic N) is 1. The Morgan fingerprint density at radius 1 is 1.40 bits per heavy atom. The van der Waals surface area contributed by atoms with Crippen LogP contribution in [0.1, 0.15) is 27.7 Å². The Labute approximate surface area is 90.0 Å². The van der Waals surface area contributed by atoms with E-state index in [9.17, 15) is 9.59 Å². The van der Waals surface area contributed by atoms with E-state index in [0.717, 1.165) is 4.90 Å². The van der Waals surface area contributed by atoms with E-state index in [1.807, 2.05) is 20.8 Å². The third-order valence-corrected chi connectivity index (χ3v) is 1.96. The summed E-state index contributed by atoms with van der Waals surface area (Å²) in [6, 6.07) is -0.832. The summed E-state index contributed by atoms with van der Waals surface area (Å²) in [6.45, 7) is 6.86. The minimum atomic E-state index is -1.03. The van der Waals surface area contributed by atoms with Crippen molar-refractivity contribution in [2.24, 2.45) is 0 Å². The highest BCUT2D eigenvalue weighted by Crippen LogP contribution is 2.07. The van der Waals surface area contributed by atoms with Crippen LogP contribution < -0.4 is 0 Å². The number of carboxylic acid groups (broad SMARTS) is 1. The van der Waals surface area contributed by atoms with Crippen LogP contribution in [0.3, 0.4) is 0 Å². The molecule has 0 aliphatic heterocycles. The van der Waals surface area contributed by atoms with E-state index in [0.29, 0.717) is 0 Å². The number of hydrogen-bond acceptors (Lipinski definition) is 3. The minimum absolute atomic E-state index is 0.0996. The van der Waals surface area contributed by atoms with Crippen LogP contribution in [0.5, 0.6) is 0 Å². The average Bonchev–Trinajstić information content (AvgIpc) is 2.10. The van der Waals surface area contributed by atoms with Crippen molar-refractivity contribution in [1.82, 2.24) is 4.90 Å². The van der Waals surface area contributed by atoms with Gasteiger partial charge in [0.05, 0.1) is 5.60 Å². The largest absolute Gasteiger partial charge is 0.480 e. The summed E-state index contributed by atoms with van der Waals surface area (Å²) in [5, 5.41) is 8.69. The first kappa shape index (κ1) is 13.9. The maximum absolute atomic E-state index is 11.5. The number of carboxylic acids is 1. The molecule has 0 aromatic carbocycles. The molecular formula is C10H19NO4. The van der Waals surface area contributed by atoms with Crippen LogP contribution >= 0.6 is 0 Å². The molecule has 0 aliphatic rings. The molecule has 0 spiro atoms. The van der Waals surface area contributed by atoms with Crippen molar-refractivity contribution in [2.75, 3.05) is 13.7 Å². The zero-order chi connectivity index (χ0) is 12.2. The fourth-order valence-corrected chi connectivity index (χ4v) is 0.762. The van der Waals surface area contributed by atoms with Crippen LogP contribution in [0.25, 0.3) is 0 Å². The zero-order valence-electron chi connectivity index (χ0n) is 9.90. The van der Waals surface area contributed by atoms with Crippen molar-refractivity contribution in [3.8, 4) is 0 Å². The van der Waals surface area contributed by atoms with E-state index >= 15 is 0 Å². The van der Waals surface area contributed by atoms with E-state index < -0.39 is 17.6 Å². The summed E-state index contributed by atoms with van der Waals surface area (Å²) < 4.78 is 5.26. The Balaban J connectivity index is 4.17. The molecule has 0 aromatic heterocycles. The van der Waals surface area contributed by atoms with Gasteiger partial charge in [0.25, 0.3) is 0 Å². The first-order valence-corrected chi connectivity index (χ1v) is 4.77. The quantitative estimate of drug-likeness (QED) is 0.754. The van der Waals surface area contributed by atoms with Crippen LogP contribution in [-0.2, 0) is 14.3 Å². The second kappa shape index (κ2) is 5.11. The molecule has 0 saturated carbocycles. The van der Waals surface area contributed by atoms with Gasteiger partial charge in [-0.2, -0.15) is 0 Å². The van der Waals surface area contributed by atoms with Gasteiger partial charge in [0, 0.05) is 7.05 Å². The van der Waals surface area contributed by atoms with Gasteiger partial charge in [0.1, 0.15) is 12.6 Å². The predicted molar refractivity (Wildman–Crippen MR) is 55.6 cm³/mol. The Morgan fingerprint density at radius 2 is 1.87 bits per heavy atom. The number of likely N-dealkylation sites (N-methyl/N-ethyl adjacent to an activating group) is 1. The van der Waals surface area contributed by atoms with Gasteiger partial charge in [-0.05, 0) is 27.7 Å². The second-order valence-electron chi connectivity index (χ2n) is 4.42. The summed E-state index contributed by atoms with van der Waals surface area (Å²) in [7, 11) is 1.45. The number of amides is 1. The van der Waals surface area contributed by atoms with Gasteiger partial charge < -0.3 is 14.7 Å². The Morgan fingerprint density at radius 3 is 2.20 bits per heavy atom. The fourth-order valence-electron chi connectivity index (χ4n) is 0.762. The molecule has 0 fully saturated rings. The molecule has 0 rings (SSSR count). The maximum atomic E-state index is 11.5. The number of ether oxygens (including phenoxy) is 1. The molecule has 0 bridgehead atoms. The van der Waals surface area contributed by atoms with E-state index in [1.165, 1.54) is 14.0 Å². The highest BCUT2D eigenvalue weighted by Gasteiger charge is 2.23. The minimum Gasteiger partial charge on any atom is -0.480 e. The summed E-state index contributed by atoms with van der Waals surface area (Å²) in [5.41, 5.74) is -0.400. The van der Waals surface area contributed by atoms with Crippen molar-refractivity contribution in [2.45, 2.75) is 39.3 Å². The number of rotatable bonds is 4. The molecule has 5 heteroatoms. The van der Waals surface area contributed by atoms with E-state index in [1.54, 1.807) is 0 Å². The topological polar surface area (TPSA) is 66.8 Å². The Kier molecular flexibility index (Phi) is 4.74. The fraction of sp³-hybridized carbons (Fsp3) is 0.800. The molecule has 1 atom stereocenters. The third-order valence-electron chi connectivity index (χ3n) is 1.96. The summed E-state index contributed by atoms with van der Waals surface area (Å²) >= 11 is 0. The van der Waals surface area contributed by atoms with Gasteiger partial charge in [0.2, 0.25) is 5.91 Å². The van der Waals surface area contributed by atoms with Crippen LogP contribution in [0, 0.1) is 0 Å². The van der Waals surface area contributed by atoms with Crippen molar-refractivity contribution in [3.05, 3.63) is 0 Å². The maximum Gasteiger partial charge on any atom is 0.326 e. The lowest BCUT2D eigenvalue weighted by Crippen LogP contribution is -2.43. The summed E-state index contributed by atoms with van der Waals surface area (Å²) in [5.74, 6) is -1.36. The van der Waals surface area contributed by atoms with Gasteiger partial charge in [0.15, 0.2) is 0 Å². The number of carbonyl (C=O) groups excluding carboxylic acids is 1. The van der Waals surface area contributed by atoms with Crippen LogP contribution in [0.4, 0.5) is 0 Å². The molecular weight excluding hydrogens is 198 g/mol. The van der Waals surface area contributed by atoms with Crippen molar-refractivity contribution in [1.29, 1.82) is 0 Å². The van der Waals surface area contributed by atoms with Gasteiger partial charge in [-0.1, -0.05) is 0 Å². The lowest BCUT2D eigenvalue weighted by Gasteiger charge is -2.24. The van der Waals surface area contributed by atoms with Crippen molar-refractivity contribution >= 4 is 11.9 Å². The van der Waals surface area contributed by atoms with Gasteiger partial charge in [-0.15, -0.1) is 0 Å². The molecule has 1 N–H and O–H groups in total.